The number of hydrogen-bond donors (Lipinski definition) is 1. The van der Waals surface area contributed by atoms with Crippen molar-refractivity contribution in [2.24, 2.45) is 0 Å². The van der Waals surface area contributed by atoms with Crippen molar-refractivity contribution < 1.29 is 9.18 Å². The van der Waals surface area contributed by atoms with Crippen LogP contribution in [-0.2, 0) is 11.3 Å². The maximum Gasteiger partial charge on any atom is 0.249 e. The van der Waals surface area contributed by atoms with Gasteiger partial charge < -0.3 is 4.57 Å². The van der Waals surface area contributed by atoms with Crippen molar-refractivity contribution in [1.29, 1.82) is 5.26 Å². The van der Waals surface area contributed by atoms with Crippen molar-refractivity contribution in [2.75, 3.05) is 5.32 Å². The number of anilines is 1. The minimum absolute atomic E-state index is 0.0107. The molecule has 0 aliphatic carbocycles. The third-order valence-electron chi connectivity index (χ3n) is 3.89. The summed E-state index contributed by atoms with van der Waals surface area (Å²) in [4.78, 5) is 20.1. The van der Waals surface area contributed by atoms with Crippen LogP contribution in [-0.4, -0.2) is 30.1 Å². The summed E-state index contributed by atoms with van der Waals surface area (Å²) in [6.07, 6.45) is 6.48. The Labute approximate surface area is 152 Å². The molecule has 132 valence electrons. The van der Waals surface area contributed by atoms with Crippen molar-refractivity contribution in [3.05, 3.63) is 66.6 Å². The molecule has 1 aromatic carbocycles. The minimum Gasteiger partial charge on any atom is -0.328 e. The van der Waals surface area contributed by atoms with Crippen LogP contribution in [0.4, 0.5) is 10.3 Å². The Morgan fingerprint density at radius 3 is 2.85 bits per heavy atom. The fourth-order valence-corrected chi connectivity index (χ4v) is 2.60. The minimum atomic E-state index is -0.582. The lowest BCUT2D eigenvalue weighted by molar-refractivity contribution is -0.116. The van der Waals surface area contributed by atoms with E-state index in [1.165, 1.54) is 16.6 Å². The van der Waals surface area contributed by atoms with Gasteiger partial charge in [-0.15, -0.1) is 5.10 Å². The number of amides is 1. The predicted molar refractivity (Wildman–Crippen MR) is 94.0 cm³/mol. The molecule has 0 bridgehead atoms. The Kier molecular flexibility index (Phi) is 4.06. The number of hydrogen-bond acceptors (Lipinski definition) is 5. The first-order chi connectivity index (χ1) is 13.1. The first-order valence-electron chi connectivity index (χ1n) is 7.94. The van der Waals surface area contributed by atoms with Gasteiger partial charge in [-0.2, -0.15) is 10.2 Å². The summed E-state index contributed by atoms with van der Waals surface area (Å²) in [5.74, 6) is -0.692. The van der Waals surface area contributed by atoms with Gasteiger partial charge in [0.2, 0.25) is 11.9 Å². The fraction of sp³-hybridized carbons (Fsp3) is 0.0556. The number of pyridine rings is 1. The number of nitrogens with one attached hydrogen (secondary N) is 1. The highest BCUT2D eigenvalue weighted by Crippen LogP contribution is 2.22. The maximum absolute atomic E-state index is 13.8. The van der Waals surface area contributed by atoms with Crippen molar-refractivity contribution in [3.8, 4) is 17.2 Å². The average molecular weight is 361 g/mol. The zero-order chi connectivity index (χ0) is 18.8. The summed E-state index contributed by atoms with van der Waals surface area (Å²) in [6.45, 7) is 0.103. The highest BCUT2D eigenvalue weighted by molar-refractivity contribution is 5.89. The molecule has 0 fully saturated rings. The van der Waals surface area contributed by atoms with Crippen LogP contribution in [0.5, 0.6) is 0 Å². The predicted octanol–water partition coefficient (Wildman–Crippen LogP) is 2.24. The molecule has 0 radical (unpaired) electrons. The van der Waals surface area contributed by atoms with Gasteiger partial charge in [0, 0.05) is 24.2 Å². The number of halogens is 1. The second-order valence-electron chi connectivity index (χ2n) is 5.75. The van der Waals surface area contributed by atoms with Gasteiger partial charge in [0.05, 0.1) is 11.9 Å². The van der Waals surface area contributed by atoms with Crippen LogP contribution < -0.4 is 5.32 Å². The smallest absolute Gasteiger partial charge is 0.249 e. The van der Waals surface area contributed by atoms with Gasteiger partial charge in [-0.25, -0.2) is 13.9 Å². The third kappa shape index (κ3) is 3.36. The molecule has 0 spiro atoms. The molecule has 1 N–H and O–H groups in total. The zero-order valence-electron chi connectivity index (χ0n) is 13.9. The number of rotatable bonds is 4. The Balaban J connectivity index is 1.57. The number of carbonyl (C=O) groups excluding carboxylic acids is 1. The van der Waals surface area contributed by atoms with E-state index < -0.39 is 5.82 Å². The molecule has 0 saturated heterocycles. The monoisotopic (exact) mass is 361 g/mol. The highest BCUT2D eigenvalue weighted by atomic mass is 19.1. The van der Waals surface area contributed by atoms with Gasteiger partial charge >= 0.3 is 0 Å². The Morgan fingerprint density at radius 1 is 1.26 bits per heavy atom. The van der Waals surface area contributed by atoms with Crippen molar-refractivity contribution in [2.45, 2.75) is 6.54 Å². The summed E-state index contributed by atoms with van der Waals surface area (Å²) >= 11 is 0. The molecule has 0 saturated carbocycles. The molecule has 0 aliphatic heterocycles. The van der Waals surface area contributed by atoms with E-state index >= 15 is 0 Å². The number of aromatic nitrogens is 5. The van der Waals surface area contributed by atoms with Gasteiger partial charge in [-0.05, 0) is 29.8 Å². The summed E-state index contributed by atoms with van der Waals surface area (Å²) in [6, 6.07) is 9.66. The van der Waals surface area contributed by atoms with Crippen LogP contribution >= 0.6 is 0 Å². The van der Waals surface area contributed by atoms with Crippen molar-refractivity contribution >= 4 is 17.5 Å². The molecule has 0 unspecified atom stereocenters. The van der Waals surface area contributed by atoms with Gasteiger partial charge in [0.25, 0.3) is 0 Å². The Morgan fingerprint density at radius 2 is 2.11 bits per heavy atom. The first kappa shape index (κ1) is 16.4. The molecule has 27 heavy (non-hydrogen) atoms. The normalized spacial score (nSPS) is 10.7. The lowest BCUT2D eigenvalue weighted by atomic mass is 10.1. The molecular weight excluding hydrogens is 349 g/mol. The van der Waals surface area contributed by atoms with E-state index in [4.69, 9.17) is 5.26 Å². The summed E-state index contributed by atoms with van der Waals surface area (Å²) in [7, 11) is 0. The van der Waals surface area contributed by atoms with Gasteiger partial charge in [-0.3, -0.25) is 10.1 Å². The number of nitriles is 1. The van der Waals surface area contributed by atoms with Crippen LogP contribution in [0.15, 0.2) is 55.2 Å². The molecule has 1 amide bonds. The Hall–Kier alpha value is -4.06. The molecule has 3 heterocycles. The van der Waals surface area contributed by atoms with Crippen LogP contribution in [0.1, 0.15) is 5.56 Å². The molecule has 3 aromatic heterocycles. The number of fused-ring (bicyclic) bond motifs is 1. The zero-order valence-corrected chi connectivity index (χ0v) is 13.9. The van der Waals surface area contributed by atoms with Gasteiger partial charge in [0.1, 0.15) is 18.4 Å². The number of imidazole rings is 1. The van der Waals surface area contributed by atoms with E-state index in [-0.39, 0.29) is 24.0 Å². The molecule has 8 nitrogen and oxygen atoms in total. The number of carbonyl (C=O) groups is 1. The standard InChI is InChI=1S/C18H12FN7O/c19-15-7-12(1-2-13(15)8-20)14-3-4-16-22-18(24-26(16)9-14)23-17(27)10-25-6-5-21-11-25/h1-7,9,11H,10H2,(H,23,24,27). The van der Waals surface area contributed by atoms with Crippen molar-refractivity contribution in [3.63, 3.8) is 0 Å². The Bertz CT molecular complexity index is 1170. The second-order valence-corrected chi connectivity index (χ2v) is 5.75. The lowest BCUT2D eigenvalue weighted by Gasteiger charge is -2.03. The number of benzene rings is 1. The molecule has 9 heteroatoms. The van der Waals surface area contributed by atoms with Crippen LogP contribution in [0.3, 0.4) is 0 Å². The quantitative estimate of drug-likeness (QED) is 0.601. The molecule has 0 atom stereocenters. The molecule has 4 aromatic rings. The molecule has 4 rings (SSSR count). The highest BCUT2D eigenvalue weighted by Gasteiger charge is 2.10. The largest absolute Gasteiger partial charge is 0.328 e. The molecular formula is C18H12FN7O. The van der Waals surface area contributed by atoms with Gasteiger partial charge in [0.15, 0.2) is 5.65 Å². The van der Waals surface area contributed by atoms with E-state index in [9.17, 15) is 9.18 Å². The molecule has 0 aliphatic rings. The van der Waals surface area contributed by atoms with Gasteiger partial charge in [-0.1, -0.05) is 6.07 Å². The second kappa shape index (κ2) is 6.68. The van der Waals surface area contributed by atoms with E-state index in [2.05, 4.69) is 20.4 Å². The SMILES string of the molecule is N#Cc1ccc(-c2ccc3nc(NC(=O)Cn4ccnc4)nn3c2)cc1F. The summed E-state index contributed by atoms with van der Waals surface area (Å²) < 4.78 is 17.0. The van der Waals surface area contributed by atoms with Crippen LogP contribution in [0.2, 0.25) is 0 Å². The third-order valence-corrected chi connectivity index (χ3v) is 3.89. The number of nitrogens with zero attached hydrogens (tertiary/aromatic N) is 6. The van der Waals surface area contributed by atoms with E-state index in [1.54, 1.807) is 53.8 Å². The summed E-state index contributed by atoms with van der Waals surface area (Å²) in [5, 5.41) is 15.7. The summed E-state index contributed by atoms with van der Waals surface area (Å²) in [5.41, 5.74) is 1.83. The van der Waals surface area contributed by atoms with E-state index in [0.29, 0.717) is 16.8 Å². The van der Waals surface area contributed by atoms with Crippen LogP contribution in [0.25, 0.3) is 16.8 Å². The topological polar surface area (TPSA) is 101 Å². The first-order valence-corrected chi connectivity index (χ1v) is 7.94. The maximum atomic E-state index is 13.8. The van der Waals surface area contributed by atoms with E-state index in [1.807, 2.05) is 0 Å². The van der Waals surface area contributed by atoms with Crippen LogP contribution in [0, 0.1) is 17.1 Å². The lowest BCUT2D eigenvalue weighted by Crippen LogP contribution is -2.18. The fourth-order valence-electron chi connectivity index (χ4n) is 2.60. The van der Waals surface area contributed by atoms with Crippen molar-refractivity contribution in [1.82, 2.24) is 24.1 Å². The van der Waals surface area contributed by atoms with E-state index in [0.717, 1.165) is 0 Å². The average Bonchev–Trinajstić information content (AvgIpc) is 3.29.